The zero-order valence-corrected chi connectivity index (χ0v) is 11.0. The van der Waals surface area contributed by atoms with Crippen molar-refractivity contribution in [2.24, 2.45) is 0 Å². The van der Waals surface area contributed by atoms with Gasteiger partial charge in [0.2, 0.25) is 0 Å². The van der Waals surface area contributed by atoms with E-state index >= 15 is 0 Å². The molecule has 0 amide bonds. The highest BCUT2D eigenvalue weighted by Gasteiger charge is 2.22. The molecule has 1 aromatic carbocycles. The summed E-state index contributed by atoms with van der Waals surface area (Å²) in [7, 11) is 0. The van der Waals surface area contributed by atoms with Gasteiger partial charge in [-0.2, -0.15) is 0 Å². The summed E-state index contributed by atoms with van der Waals surface area (Å²) in [5, 5.41) is 0.874. The third-order valence-electron chi connectivity index (χ3n) is 2.77. The van der Waals surface area contributed by atoms with Crippen molar-refractivity contribution in [1.29, 1.82) is 0 Å². The fourth-order valence-corrected chi connectivity index (χ4v) is 2.70. The highest BCUT2D eigenvalue weighted by molar-refractivity contribution is 14.1. The standard InChI is InChI=1S/C11H13ClIN/c1-8-3-2-6-14(8)11-7-9(13)4-5-10(11)12/h4-5,7-8H,2-3,6H2,1H3. The minimum absolute atomic E-state index is 0.630. The number of anilines is 1. The quantitative estimate of drug-likeness (QED) is 0.708. The van der Waals surface area contributed by atoms with Crippen LogP contribution in [0.1, 0.15) is 19.8 Å². The molecule has 1 aliphatic heterocycles. The molecule has 1 unspecified atom stereocenters. The van der Waals surface area contributed by atoms with Crippen LogP contribution in [0.3, 0.4) is 0 Å². The molecule has 0 aliphatic carbocycles. The first-order valence-electron chi connectivity index (χ1n) is 4.90. The van der Waals surface area contributed by atoms with Crippen molar-refractivity contribution in [2.45, 2.75) is 25.8 Å². The van der Waals surface area contributed by atoms with Crippen molar-refractivity contribution < 1.29 is 0 Å². The summed E-state index contributed by atoms with van der Waals surface area (Å²) in [6.07, 6.45) is 2.56. The van der Waals surface area contributed by atoms with Crippen LogP contribution in [0, 0.1) is 3.57 Å². The first-order chi connectivity index (χ1) is 6.68. The SMILES string of the molecule is CC1CCCN1c1cc(I)ccc1Cl. The summed E-state index contributed by atoms with van der Waals surface area (Å²) in [5.41, 5.74) is 1.20. The van der Waals surface area contributed by atoms with Gasteiger partial charge in [0.25, 0.3) is 0 Å². The summed E-state index contributed by atoms with van der Waals surface area (Å²) in [6, 6.07) is 6.84. The van der Waals surface area contributed by atoms with Gasteiger partial charge < -0.3 is 4.90 Å². The molecular weight excluding hydrogens is 308 g/mol. The van der Waals surface area contributed by atoms with E-state index in [9.17, 15) is 0 Å². The third kappa shape index (κ3) is 2.01. The maximum Gasteiger partial charge on any atom is 0.0640 e. The fraction of sp³-hybridized carbons (Fsp3) is 0.455. The van der Waals surface area contributed by atoms with Crippen molar-refractivity contribution in [3.05, 3.63) is 26.8 Å². The van der Waals surface area contributed by atoms with Crippen LogP contribution in [0.5, 0.6) is 0 Å². The molecule has 14 heavy (non-hydrogen) atoms. The van der Waals surface area contributed by atoms with E-state index in [1.165, 1.54) is 22.1 Å². The Bertz CT molecular complexity index is 340. The molecule has 1 saturated heterocycles. The molecule has 1 heterocycles. The van der Waals surface area contributed by atoms with Gasteiger partial charge in [-0.1, -0.05) is 11.6 Å². The highest BCUT2D eigenvalue weighted by Crippen LogP contribution is 2.32. The molecule has 3 heteroatoms. The Morgan fingerprint density at radius 1 is 1.50 bits per heavy atom. The highest BCUT2D eigenvalue weighted by atomic mass is 127. The Morgan fingerprint density at radius 2 is 2.29 bits per heavy atom. The summed E-state index contributed by atoms with van der Waals surface area (Å²) < 4.78 is 1.25. The van der Waals surface area contributed by atoms with Crippen LogP contribution in [0.15, 0.2) is 18.2 Å². The largest absolute Gasteiger partial charge is 0.368 e. The van der Waals surface area contributed by atoms with E-state index < -0.39 is 0 Å². The number of benzene rings is 1. The number of hydrogen-bond acceptors (Lipinski definition) is 1. The zero-order chi connectivity index (χ0) is 10.1. The molecule has 0 spiro atoms. The van der Waals surface area contributed by atoms with Crippen molar-refractivity contribution in [3.63, 3.8) is 0 Å². The van der Waals surface area contributed by atoms with Gasteiger partial charge in [0.15, 0.2) is 0 Å². The van der Waals surface area contributed by atoms with Crippen LogP contribution in [0.2, 0.25) is 5.02 Å². The van der Waals surface area contributed by atoms with E-state index in [0.29, 0.717) is 6.04 Å². The molecule has 1 atom stereocenters. The van der Waals surface area contributed by atoms with Gasteiger partial charge in [-0.25, -0.2) is 0 Å². The normalized spacial score (nSPS) is 21.6. The van der Waals surface area contributed by atoms with Crippen molar-refractivity contribution in [1.82, 2.24) is 0 Å². The van der Waals surface area contributed by atoms with Gasteiger partial charge in [0, 0.05) is 16.2 Å². The molecular formula is C11H13ClIN. The summed E-state index contributed by atoms with van der Waals surface area (Å²) in [5.74, 6) is 0. The molecule has 0 aromatic heterocycles. The lowest BCUT2D eigenvalue weighted by Crippen LogP contribution is -2.26. The predicted molar refractivity (Wildman–Crippen MR) is 70.2 cm³/mol. The number of rotatable bonds is 1. The second-order valence-corrected chi connectivity index (χ2v) is 5.43. The zero-order valence-electron chi connectivity index (χ0n) is 8.13. The Hall–Kier alpha value is 0.0400. The lowest BCUT2D eigenvalue weighted by atomic mass is 10.2. The second kappa shape index (κ2) is 4.27. The van der Waals surface area contributed by atoms with Gasteiger partial charge in [-0.05, 0) is 60.6 Å². The lowest BCUT2D eigenvalue weighted by molar-refractivity contribution is 0.735. The molecule has 1 fully saturated rings. The van der Waals surface area contributed by atoms with E-state index in [-0.39, 0.29) is 0 Å². The van der Waals surface area contributed by atoms with Crippen LogP contribution in [-0.4, -0.2) is 12.6 Å². The fourth-order valence-electron chi connectivity index (χ4n) is 2.00. The van der Waals surface area contributed by atoms with E-state index in [2.05, 4.69) is 40.5 Å². The molecule has 0 saturated carbocycles. The summed E-state index contributed by atoms with van der Waals surface area (Å²) >= 11 is 8.53. The predicted octanol–water partition coefficient (Wildman–Crippen LogP) is 3.93. The van der Waals surface area contributed by atoms with Crippen molar-refractivity contribution in [2.75, 3.05) is 11.4 Å². The summed E-state index contributed by atoms with van der Waals surface area (Å²) in [4.78, 5) is 2.41. The second-order valence-electron chi connectivity index (χ2n) is 3.78. The first kappa shape index (κ1) is 10.6. The van der Waals surface area contributed by atoms with E-state index in [1.54, 1.807) is 0 Å². The Kier molecular flexibility index (Phi) is 3.22. The van der Waals surface area contributed by atoms with Gasteiger partial charge in [0.1, 0.15) is 0 Å². The smallest absolute Gasteiger partial charge is 0.0640 e. The average molecular weight is 322 g/mol. The van der Waals surface area contributed by atoms with E-state index in [0.717, 1.165) is 11.6 Å². The molecule has 0 radical (unpaired) electrons. The third-order valence-corrected chi connectivity index (χ3v) is 3.76. The molecule has 76 valence electrons. The molecule has 1 aliphatic rings. The minimum atomic E-state index is 0.630. The van der Waals surface area contributed by atoms with Crippen LogP contribution in [-0.2, 0) is 0 Å². The van der Waals surface area contributed by atoms with Crippen LogP contribution in [0.4, 0.5) is 5.69 Å². The first-order valence-corrected chi connectivity index (χ1v) is 6.36. The topological polar surface area (TPSA) is 3.24 Å². The molecule has 2 rings (SSSR count). The number of hydrogen-bond donors (Lipinski definition) is 0. The van der Waals surface area contributed by atoms with E-state index in [4.69, 9.17) is 11.6 Å². The molecule has 0 N–H and O–H groups in total. The monoisotopic (exact) mass is 321 g/mol. The van der Waals surface area contributed by atoms with Crippen LogP contribution in [0.25, 0.3) is 0 Å². The Labute approximate surface area is 104 Å². The number of halogens is 2. The number of nitrogens with zero attached hydrogens (tertiary/aromatic N) is 1. The van der Waals surface area contributed by atoms with Gasteiger partial charge in [-0.15, -0.1) is 0 Å². The summed E-state index contributed by atoms with van der Waals surface area (Å²) in [6.45, 7) is 3.41. The van der Waals surface area contributed by atoms with Crippen LogP contribution < -0.4 is 4.90 Å². The van der Waals surface area contributed by atoms with Gasteiger partial charge >= 0.3 is 0 Å². The van der Waals surface area contributed by atoms with Gasteiger partial charge in [0.05, 0.1) is 10.7 Å². The maximum absolute atomic E-state index is 6.20. The Morgan fingerprint density at radius 3 is 2.93 bits per heavy atom. The lowest BCUT2D eigenvalue weighted by Gasteiger charge is -2.25. The Balaban J connectivity index is 2.34. The minimum Gasteiger partial charge on any atom is -0.368 e. The average Bonchev–Trinajstić information content (AvgIpc) is 2.56. The molecule has 0 bridgehead atoms. The maximum atomic E-state index is 6.20. The van der Waals surface area contributed by atoms with Gasteiger partial charge in [-0.3, -0.25) is 0 Å². The van der Waals surface area contributed by atoms with Crippen LogP contribution >= 0.6 is 34.2 Å². The van der Waals surface area contributed by atoms with Crippen molar-refractivity contribution >= 4 is 39.9 Å². The van der Waals surface area contributed by atoms with Crippen molar-refractivity contribution in [3.8, 4) is 0 Å². The molecule has 1 aromatic rings. The van der Waals surface area contributed by atoms with E-state index in [1.807, 2.05) is 12.1 Å². The molecule has 1 nitrogen and oxygen atoms in total.